The van der Waals surface area contributed by atoms with E-state index in [1.807, 2.05) is 65.8 Å². The molecule has 0 fully saturated rings. The normalized spacial score (nSPS) is 13.0. The van der Waals surface area contributed by atoms with Gasteiger partial charge < -0.3 is 23.7 Å². The molecule has 1 aliphatic heterocycles. The van der Waals surface area contributed by atoms with Crippen LogP contribution in [0.3, 0.4) is 0 Å². The van der Waals surface area contributed by atoms with Crippen LogP contribution in [0.25, 0.3) is 0 Å². The summed E-state index contributed by atoms with van der Waals surface area (Å²) in [6.45, 7) is 10.9. The van der Waals surface area contributed by atoms with Gasteiger partial charge in [0.25, 0.3) is 0 Å². The highest BCUT2D eigenvalue weighted by Gasteiger charge is 2.50. The first-order valence-corrected chi connectivity index (χ1v) is 19.3. The molecule has 1 heterocycles. The summed E-state index contributed by atoms with van der Waals surface area (Å²) < 4.78 is 29.6. The molecule has 12 heteroatoms. The Morgan fingerprint density at radius 2 is 1.05 bits per heavy atom. The fourth-order valence-corrected chi connectivity index (χ4v) is 7.68. The van der Waals surface area contributed by atoms with Gasteiger partial charge in [0.15, 0.2) is 18.8 Å². The molecule has 56 heavy (non-hydrogen) atoms. The van der Waals surface area contributed by atoms with Crippen LogP contribution < -0.4 is 18.9 Å². The molecule has 8 nitrogen and oxygen atoms in total. The fourth-order valence-electron chi connectivity index (χ4n) is 6.76. The van der Waals surface area contributed by atoms with Gasteiger partial charge in [0.1, 0.15) is 23.0 Å². The van der Waals surface area contributed by atoms with Crippen LogP contribution in [0.2, 0.25) is 20.1 Å². The molecule has 6 rings (SSSR count). The first-order chi connectivity index (χ1) is 26.6. The number of carbonyl (C=O) groups is 3. The molecule has 5 aromatic rings. The van der Waals surface area contributed by atoms with Crippen molar-refractivity contribution in [3.8, 4) is 23.0 Å². The van der Waals surface area contributed by atoms with Gasteiger partial charge in [-0.3, -0.25) is 0 Å². The topological polar surface area (TPSA) is 97.4 Å². The summed E-state index contributed by atoms with van der Waals surface area (Å²) in [7, 11) is 0. The lowest BCUT2D eigenvalue weighted by atomic mass is 9.74. The van der Waals surface area contributed by atoms with Crippen molar-refractivity contribution in [2.24, 2.45) is 0 Å². The molecule has 0 unspecified atom stereocenters. The molecule has 0 bridgehead atoms. The molecule has 290 valence electrons. The zero-order valence-corrected chi connectivity index (χ0v) is 34.5. The smallest absolute Gasteiger partial charge is 0.349 e. The second-order valence-electron chi connectivity index (χ2n) is 14.0. The van der Waals surface area contributed by atoms with E-state index in [4.69, 9.17) is 70.1 Å². The van der Waals surface area contributed by atoms with Crippen LogP contribution in [-0.2, 0) is 19.9 Å². The molecule has 1 aliphatic rings. The zero-order valence-electron chi connectivity index (χ0n) is 31.4. The number of esters is 3. The molecule has 0 spiro atoms. The Hall–Kier alpha value is -4.73. The summed E-state index contributed by atoms with van der Waals surface area (Å²) in [4.78, 5) is 40.0. The largest absolute Gasteiger partial charge is 0.480 e. The van der Waals surface area contributed by atoms with Gasteiger partial charge >= 0.3 is 17.9 Å². The van der Waals surface area contributed by atoms with Crippen molar-refractivity contribution in [1.82, 2.24) is 0 Å². The van der Waals surface area contributed by atoms with Crippen molar-refractivity contribution < 1.29 is 38.1 Å². The first kappa shape index (κ1) is 40.9. The van der Waals surface area contributed by atoms with Crippen molar-refractivity contribution in [3.05, 3.63) is 150 Å². The molecular formula is C44H38Cl4O8. The van der Waals surface area contributed by atoms with Crippen molar-refractivity contribution in [1.29, 1.82) is 0 Å². The standard InChI is InChI=1S/C44H38Cl4O8/c1-23(2)30-19-33(25(5)15-39(30)54-41(49)21-52-37-13-11-27(45)17-35(37)47)44(32-10-8-7-9-29(32)43(51)56-44)34-20-31(24(3)4)40(16-26(34)6)55-42(50)22-53-38-14-12-28(46)18-36(38)48/h7-20,23-24H,21-22H2,1-6H3. The molecule has 0 N–H and O–H groups in total. The van der Waals surface area contributed by atoms with Crippen LogP contribution in [0.4, 0.5) is 0 Å². The summed E-state index contributed by atoms with van der Waals surface area (Å²) in [5.74, 6) is -0.732. The van der Waals surface area contributed by atoms with E-state index < -0.39 is 36.7 Å². The second kappa shape index (κ2) is 16.8. The first-order valence-electron chi connectivity index (χ1n) is 17.8. The third kappa shape index (κ3) is 8.35. The maximum atomic E-state index is 13.8. The average molecular weight is 837 g/mol. The van der Waals surface area contributed by atoms with E-state index in [1.165, 1.54) is 12.1 Å². The van der Waals surface area contributed by atoms with E-state index in [2.05, 4.69) is 0 Å². The minimum atomic E-state index is -1.41. The molecule has 5 aromatic carbocycles. The minimum Gasteiger partial charge on any atom is -0.480 e. The summed E-state index contributed by atoms with van der Waals surface area (Å²) in [6.07, 6.45) is 0. The Balaban J connectivity index is 1.39. The molecule has 0 saturated carbocycles. The van der Waals surface area contributed by atoms with Gasteiger partial charge in [-0.15, -0.1) is 0 Å². The number of hydrogen-bond acceptors (Lipinski definition) is 8. The van der Waals surface area contributed by atoms with Crippen molar-refractivity contribution in [3.63, 3.8) is 0 Å². The van der Waals surface area contributed by atoms with Crippen LogP contribution in [0, 0.1) is 13.8 Å². The third-order valence-electron chi connectivity index (χ3n) is 9.41. The van der Waals surface area contributed by atoms with Gasteiger partial charge in [0, 0.05) is 26.7 Å². The van der Waals surface area contributed by atoms with Crippen molar-refractivity contribution in [2.45, 2.75) is 59.0 Å². The highest BCUT2D eigenvalue weighted by molar-refractivity contribution is 6.36. The van der Waals surface area contributed by atoms with Crippen molar-refractivity contribution in [2.75, 3.05) is 13.2 Å². The molecule has 0 atom stereocenters. The van der Waals surface area contributed by atoms with Crippen LogP contribution in [0.5, 0.6) is 23.0 Å². The van der Waals surface area contributed by atoms with Crippen LogP contribution in [0.15, 0.2) is 84.9 Å². The number of ether oxygens (including phenoxy) is 5. The van der Waals surface area contributed by atoms with E-state index in [9.17, 15) is 14.4 Å². The molecule has 0 amide bonds. The van der Waals surface area contributed by atoms with Crippen molar-refractivity contribution >= 4 is 64.3 Å². The van der Waals surface area contributed by atoms with Gasteiger partial charge in [-0.2, -0.15) is 0 Å². The number of rotatable bonds is 12. The van der Waals surface area contributed by atoms with Gasteiger partial charge in [-0.05, 0) is 115 Å². The third-order valence-corrected chi connectivity index (χ3v) is 10.5. The summed E-state index contributed by atoms with van der Waals surface area (Å²) in [5.41, 5.74) is 3.82. The van der Waals surface area contributed by atoms with Gasteiger partial charge in [-0.1, -0.05) is 92.3 Å². The zero-order chi connectivity index (χ0) is 40.5. The second-order valence-corrected chi connectivity index (χ2v) is 15.7. The fraction of sp³-hybridized carbons (Fsp3) is 0.250. The predicted octanol–water partition coefficient (Wildman–Crippen LogP) is 11.6. The number of aryl methyl sites for hydroxylation is 2. The predicted molar refractivity (Wildman–Crippen MR) is 217 cm³/mol. The number of hydrogen-bond donors (Lipinski definition) is 0. The van der Waals surface area contributed by atoms with Gasteiger partial charge in [-0.25, -0.2) is 14.4 Å². The van der Waals surface area contributed by atoms with E-state index >= 15 is 0 Å². The molecular weight excluding hydrogens is 798 g/mol. The highest BCUT2D eigenvalue weighted by atomic mass is 35.5. The summed E-state index contributed by atoms with van der Waals surface area (Å²) in [5, 5.41) is 1.40. The molecule has 0 saturated heterocycles. The lowest BCUT2D eigenvalue weighted by molar-refractivity contribution is -0.137. The maximum Gasteiger partial charge on any atom is 0.349 e. The maximum absolute atomic E-state index is 13.8. The Bertz CT molecular complexity index is 2220. The molecule has 0 radical (unpaired) electrons. The highest BCUT2D eigenvalue weighted by Crippen LogP contribution is 2.51. The van der Waals surface area contributed by atoms with E-state index in [1.54, 1.807) is 48.5 Å². The number of cyclic esters (lactones) is 1. The minimum absolute atomic E-state index is 0.118. The van der Waals surface area contributed by atoms with Crippen LogP contribution in [-0.4, -0.2) is 31.1 Å². The number of carbonyl (C=O) groups excluding carboxylic acids is 3. The number of fused-ring (bicyclic) bond motifs is 1. The Morgan fingerprint density at radius 3 is 1.48 bits per heavy atom. The Kier molecular flexibility index (Phi) is 12.3. The lowest BCUT2D eigenvalue weighted by Gasteiger charge is -2.34. The Labute approximate surface area is 345 Å². The lowest BCUT2D eigenvalue weighted by Crippen LogP contribution is -2.32. The molecule has 0 aliphatic carbocycles. The monoisotopic (exact) mass is 834 g/mol. The average Bonchev–Trinajstić information content (AvgIpc) is 3.43. The Morgan fingerprint density at radius 1 is 0.607 bits per heavy atom. The van der Waals surface area contributed by atoms with E-state index in [-0.39, 0.29) is 21.9 Å². The quantitative estimate of drug-likeness (QED) is 0.0905. The van der Waals surface area contributed by atoms with E-state index in [0.717, 1.165) is 0 Å². The number of halogens is 4. The molecule has 0 aromatic heterocycles. The summed E-state index contributed by atoms with van der Waals surface area (Å²) in [6, 6.07) is 24.1. The van der Waals surface area contributed by atoms with Crippen LogP contribution >= 0.6 is 46.4 Å². The summed E-state index contributed by atoms with van der Waals surface area (Å²) >= 11 is 24.5. The van der Waals surface area contributed by atoms with E-state index in [0.29, 0.717) is 77.6 Å². The van der Waals surface area contributed by atoms with Gasteiger partial charge in [0.05, 0.1) is 15.6 Å². The van der Waals surface area contributed by atoms with Crippen LogP contribution in [0.1, 0.15) is 88.8 Å². The number of benzene rings is 5. The SMILES string of the molecule is Cc1cc(OC(=O)COc2ccc(Cl)cc2Cl)c(C(C)C)cc1C1(c2cc(C(C)C)c(OC(=O)COc3ccc(Cl)cc3Cl)cc2C)OC(=O)c2ccccc21. The van der Waals surface area contributed by atoms with Gasteiger partial charge in [0.2, 0.25) is 0 Å².